The van der Waals surface area contributed by atoms with Crippen LogP contribution in [0.2, 0.25) is 5.02 Å². The van der Waals surface area contributed by atoms with E-state index in [0.29, 0.717) is 6.61 Å². The molecule has 0 aromatic heterocycles. The quantitative estimate of drug-likeness (QED) is 0.824. The van der Waals surface area contributed by atoms with E-state index in [0.717, 1.165) is 23.2 Å². The molecule has 0 saturated heterocycles. The zero-order valence-electron chi connectivity index (χ0n) is 9.58. The first kappa shape index (κ1) is 11.9. The Morgan fingerprint density at radius 1 is 1.50 bits per heavy atom. The van der Waals surface area contributed by atoms with Crippen LogP contribution in [0.3, 0.4) is 0 Å². The lowest BCUT2D eigenvalue weighted by atomic mass is 10.2. The van der Waals surface area contributed by atoms with E-state index in [4.69, 9.17) is 16.3 Å². The highest BCUT2D eigenvalue weighted by molar-refractivity contribution is 6.30. The first-order valence-electron chi connectivity index (χ1n) is 5.83. The Kier molecular flexibility index (Phi) is 4.22. The second-order valence-electron chi connectivity index (χ2n) is 4.43. The molecular formula is C13H18ClNO. The van der Waals surface area contributed by atoms with E-state index >= 15 is 0 Å². The van der Waals surface area contributed by atoms with E-state index in [1.54, 1.807) is 0 Å². The van der Waals surface area contributed by atoms with Gasteiger partial charge in [0, 0.05) is 17.6 Å². The van der Waals surface area contributed by atoms with Crippen LogP contribution in [0.4, 0.5) is 0 Å². The van der Waals surface area contributed by atoms with Crippen molar-refractivity contribution in [1.29, 1.82) is 0 Å². The second kappa shape index (κ2) is 5.67. The van der Waals surface area contributed by atoms with Crippen LogP contribution in [0, 0.1) is 0 Å². The largest absolute Gasteiger partial charge is 0.373 e. The van der Waals surface area contributed by atoms with Crippen molar-refractivity contribution >= 4 is 11.6 Å². The highest BCUT2D eigenvalue weighted by atomic mass is 35.5. The highest BCUT2D eigenvalue weighted by Gasteiger charge is 2.20. The van der Waals surface area contributed by atoms with Gasteiger partial charge in [-0.05, 0) is 37.5 Å². The van der Waals surface area contributed by atoms with E-state index in [-0.39, 0.29) is 6.10 Å². The molecule has 1 saturated carbocycles. The van der Waals surface area contributed by atoms with Crippen LogP contribution in [0.1, 0.15) is 25.3 Å². The molecule has 1 aliphatic carbocycles. The average Bonchev–Trinajstić information content (AvgIpc) is 3.07. The van der Waals surface area contributed by atoms with Gasteiger partial charge in [-0.2, -0.15) is 0 Å². The number of halogens is 1. The predicted octanol–water partition coefficient (Wildman–Crippen LogP) is 3.00. The third-order valence-electron chi connectivity index (χ3n) is 2.69. The van der Waals surface area contributed by atoms with E-state index in [9.17, 15) is 0 Å². The Morgan fingerprint density at radius 2 is 2.31 bits per heavy atom. The number of nitrogens with one attached hydrogen (secondary N) is 1. The zero-order valence-corrected chi connectivity index (χ0v) is 10.3. The molecule has 88 valence electrons. The maximum atomic E-state index is 5.90. The van der Waals surface area contributed by atoms with Gasteiger partial charge in [-0.25, -0.2) is 0 Å². The number of hydrogen-bond donors (Lipinski definition) is 1. The minimum absolute atomic E-state index is 0.250. The summed E-state index contributed by atoms with van der Waals surface area (Å²) in [6.07, 6.45) is 2.89. The monoisotopic (exact) mass is 239 g/mol. The van der Waals surface area contributed by atoms with Crippen LogP contribution in [0.25, 0.3) is 0 Å². The fourth-order valence-corrected chi connectivity index (χ4v) is 1.76. The van der Waals surface area contributed by atoms with Gasteiger partial charge in [-0.15, -0.1) is 0 Å². The Bertz CT molecular complexity index is 338. The van der Waals surface area contributed by atoms with E-state index in [1.807, 2.05) is 24.3 Å². The molecule has 0 radical (unpaired) electrons. The van der Waals surface area contributed by atoms with Gasteiger partial charge in [0.15, 0.2) is 0 Å². The van der Waals surface area contributed by atoms with Gasteiger partial charge in [-0.3, -0.25) is 0 Å². The summed E-state index contributed by atoms with van der Waals surface area (Å²) in [6.45, 7) is 3.67. The van der Waals surface area contributed by atoms with Gasteiger partial charge in [0.25, 0.3) is 0 Å². The molecule has 1 unspecified atom stereocenters. The summed E-state index contributed by atoms with van der Waals surface area (Å²) in [6, 6.07) is 8.56. The van der Waals surface area contributed by atoms with Gasteiger partial charge in [0.1, 0.15) is 0 Å². The molecule has 1 fully saturated rings. The molecule has 0 spiro atoms. The van der Waals surface area contributed by atoms with E-state index < -0.39 is 0 Å². The van der Waals surface area contributed by atoms with Crippen molar-refractivity contribution in [3.63, 3.8) is 0 Å². The van der Waals surface area contributed by atoms with Crippen molar-refractivity contribution in [2.75, 3.05) is 6.54 Å². The molecule has 0 bridgehead atoms. The molecule has 0 aliphatic heterocycles. The molecule has 0 amide bonds. The average molecular weight is 240 g/mol. The van der Waals surface area contributed by atoms with Crippen molar-refractivity contribution in [2.24, 2.45) is 0 Å². The Labute approximate surface area is 102 Å². The number of rotatable bonds is 6. The van der Waals surface area contributed by atoms with Crippen molar-refractivity contribution in [3.05, 3.63) is 34.9 Å². The summed E-state index contributed by atoms with van der Waals surface area (Å²) in [5, 5.41) is 4.22. The lowest BCUT2D eigenvalue weighted by molar-refractivity contribution is 0.0530. The van der Waals surface area contributed by atoms with Gasteiger partial charge in [0.2, 0.25) is 0 Å². The molecule has 1 aromatic rings. The Balaban J connectivity index is 1.69. The van der Waals surface area contributed by atoms with Gasteiger partial charge in [0.05, 0.1) is 12.7 Å². The fourth-order valence-electron chi connectivity index (χ4n) is 1.54. The third-order valence-corrected chi connectivity index (χ3v) is 2.93. The van der Waals surface area contributed by atoms with Crippen LogP contribution in [-0.4, -0.2) is 18.7 Å². The number of ether oxygens (including phenoxy) is 1. The van der Waals surface area contributed by atoms with Gasteiger partial charge < -0.3 is 10.1 Å². The summed E-state index contributed by atoms with van der Waals surface area (Å²) in [4.78, 5) is 0. The predicted molar refractivity (Wildman–Crippen MR) is 66.7 cm³/mol. The number of hydrogen-bond acceptors (Lipinski definition) is 2. The molecule has 2 rings (SSSR count). The molecule has 3 heteroatoms. The molecule has 1 atom stereocenters. The smallest absolute Gasteiger partial charge is 0.0721 e. The summed E-state index contributed by atoms with van der Waals surface area (Å²) in [7, 11) is 0. The first-order chi connectivity index (χ1) is 7.74. The molecule has 1 aliphatic rings. The second-order valence-corrected chi connectivity index (χ2v) is 4.87. The topological polar surface area (TPSA) is 21.3 Å². The van der Waals surface area contributed by atoms with Crippen molar-refractivity contribution < 1.29 is 4.74 Å². The van der Waals surface area contributed by atoms with Crippen molar-refractivity contribution in [2.45, 2.75) is 38.5 Å². The molecule has 2 nitrogen and oxygen atoms in total. The zero-order chi connectivity index (χ0) is 11.4. The normalized spacial score (nSPS) is 17.4. The third kappa shape index (κ3) is 4.12. The fraction of sp³-hybridized carbons (Fsp3) is 0.538. The van der Waals surface area contributed by atoms with Gasteiger partial charge >= 0.3 is 0 Å². The van der Waals surface area contributed by atoms with Crippen LogP contribution in [0.5, 0.6) is 0 Å². The summed E-state index contributed by atoms with van der Waals surface area (Å²) >= 11 is 5.90. The first-order valence-corrected chi connectivity index (χ1v) is 6.21. The summed E-state index contributed by atoms with van der Waals surface area (Å²) in [5.74, 6) is 0. The minimum Gasteiger partial charge on any atom is -0.373 e. The Morgan fingerprint density at radius 3 is 3.00 bits per heavy atom. The van der Waals surface area contributed by atoms with Crippen LogP contribution >= 0.6 is 11.6 Å². The van der Waals surface area contributed by atoms with Crippen LogP contribution in [-0.2, 0) is 11.3 Å². The highest BCUT2D eigenvalue weighted by Crippen LogP contribution is 2.18. The lowest BCUT2D eigenvalue weighted by Crippen LogP contribution is -2.28. The number of benzene rings is 1. The van der Waals surface area contributed by atoms with E-state index in [1.165, 1.54) is 12.8 Å². The van der Waals surface area contributed by atoms with Crippen LogP contribution in [0.15, 0.2) is 24.3 Å². The lowest BCUT2D eigenvalue weighted by Gasteiger charge is -2.13. The minimum atomic E-state index is 0.250. The maximum Gasteiger partial charge on any atom is 0.0721 e. The standard InChI is InChI=1S/C13H18ClNO/c1-10(8-15-13-5-6-13)16-9-11-3-2-4-12(14)7-11/h2-4,7,10,13,15H,5-6,8-9H2,1H3. The van der Waals surface area contributed by atoms with Crippen LogP contribution < -0.4 is 5.32 Å². The SMILES string of the molecule is CC(CNC1CC1)OCc1cccc(Cl)c1. The molecule has 1 aromatic carbocycles. The van der Waals surface area contributed by atoms with E-state index in [2.05, 4.69) is 12.2 Å². The molecule has 0 heterocycles. The van der Waals surface area contributed by atoms with Crippen molar-refractivity contribution in [3.8, 4) is 0 Å². The summed E-state index contributed by atoms with van der Waals surface area (Å²) < 4.78 is 5.74. The van der Waals surface area contributed by atoms with Crippen molar-refractivity contribution in [1.82, 2.24) is 5.32 Å². The molecular weight excluding hydrogens is 222 g/mol. The molecule has 1 N–H and O–H groups in total. The Hall–Kier alpha value is -0.570. The molecule has 16 heavy (non-hydrogen) atoms. The summed E-state index contributed by atoms with van der Waals surface area (Å²) in [5.41, 5.74) is 1.13. The van der Waals surface area contributed by atoms with Gasteiger partial charge in [-0.1, -0.05) is 23.7 Å². The maximum absolute atomic E-state index is 5.90.